The lowest BCUT2D eigenvalue weighted by molar-refractivity contribution is -0.130. The highest BCUT2D eigenvalue weighted by atomic mass is 16.4. The molecule has 2 aromatic rings. The highest BCUT2D eigenvalue weighted by molar-refractivity contribution is 6.21. The number of hydrogen-bond donors (Lipinski definition) is 1. The molecular formula is C18H18O2. The third kappa shape index (κ3) is 2.97. The van der Waals surface area contributed by atoms with E-state index in [1.807, 2.05) is 63.2 Å². The molecule has 0 fully saturated rings. The molecule has 0 unspecified atom stereocenters. The van der Waals surface area contributed by atoms with Crippen molar-refractivity contribution in [1.82, 2.24) is 0 Å². The fraction of sp³-hybridized carbons (Fsp3) is 0.167. The van der Waals surface area contributed by atoms with Gasteiger partial charge in [-0.3, -0.25) is 0 Å². The maximum Gasteiger partial charge on any atom is 0.336 e. The van der Waals surface area contributed by atoms with Gasteiger partial charge in [0.15, 0.2) is 0 Å². The lowest BCUT2D eigenvalue weighted by Gasteiger charge is -2.09. The Bertz CT molecular complexity index is 682. The van der Waals surface area contributed by atoms with E-state index >= 15 is 0 Å². The molecule has 2 heteroatoms. The van der Waals surface area contributed by atoms with Gasteiger partial charge in [-0.2, -0.15) is 0 Å². The van der Waals surface area contributed by atoms with Gasteiger partial charge >= 0.3 is 5.97 Å². The van der Waals surface area contributed by atoms with E-state index in [0.717, 1.165) is 27.8 Å². The highest BCUT2D eigenvalue weighted by Crippen LogP contribution is 2.24. The Labute approximate surface area is 119 Å². The van der Waals surface area contributed by atoms with E-state index in [1.54, 1.807) is 6.08 Å². The third-order valence-corrected chi connectivity index (χ3v) is 3.40. The fourth-order valence-electron chi connectivity index (χ4n) is 2.18. The predicted molar refractivity (Wildman–Crippen MR) is 82.6 cm³/mol. The molecule has 20 heavy (non-hydrogen) atoms. The van der Waals surface area contributed by atoms with Gasteiger partial charge in [0.25, 0.3) is 0 Å². The summed E-state index contributed by atoms with van der Waals surface area (Å²) in [5.41, 5.74) is 5.14. The first-order valence-corrected chi connectivity index (χ1v) is 6.57. The lowest BCUT2D eigenvalue weighted by atomic mass is 9.95. The van der Waals surface area contributed by atoms with E-state index in [1.165, 1.54) is 0 Å². The smallest absolute Gasteiger partial charge is 0.336 e. The first-order chi connectivity index (χ1) is 9.49. The van der Waals surface area contributed by atoms with Crippen molar-refractivity contribution < 1.29 is 9.90 Å². The van der Waals surface area contributed by atoms with Crippen molar-refractivity contribution in [3.63, 3.8) is 0 Å². The van der Waals surface area contributed by atoms with E-state index in [0.29, 0.717) is 5.57 Å². The molecule has 0 aliphatic heterocycles. The Balaban J connectivity index is 2.61. The Morgan fingerprint density at radius 3 is 2.35 bits per heavy atom. The molecule has 0 amide bonds. The zero-order chi connectivity index (χ0) is 14.7. The van der Waals surface area contributed by atoms with Crippen molar-refractivity contribution in [3.05, 3.63) is 70.3 Å². The Morgan fingerprint density at radius 1 is 1.00 bits per heavy atom. The standard InChI is InChI=1S/C18H18O2/c1-12-8-9-14(3)16(10-12)17(18(19)20)11-15-7-5-4-6-13(15)2/h4-11H,1-3H3,(H,19,20)/b17-11-. The fourth-order valence-corrected chi connectivity index (χ4v) is 2.18. The zero-order valence-corrected chi connectivity index (χ0v) is 12.0. The predicted octanol–water partition coefficient (Wildman–Crippen LogP) is 4.24. The Morgan fingerprint density at radius 2 is 1.70 bits per heavy atom. The van der Waals surface area contributed by atoms with Crippen molar-refractivity contribution in [1.29, 1.82) is 0 Å². The molecule has 0 heterocycles. The summed E-state index contributed by atoms with van der Waals surface area (Å²) in [6.45, 7) is 5.88. The van der Waals surface area contributed by atoms with Crippen LogP contribution in [0, 0.1) is 20.8 Å². The molecule has 1 N–H and O–H groups in total. The van der Waals surface area contributed by atoms with Crippen molar-refractivity contribution >= 4 is 17.6 Å². The molecule has 2 rings (SSSR count). The normalized spacial score (nSPS) is 11.4. The number of carbonyl (C=O) groups is 1. The molecule has 2 aromatic carbocycles. The van der Waals surface area contributed by atoms with Gasteiger partial charge in [0.05, 0.1) is 5.57 Å². The second-order valence-corrected chi connectivity index (χ2v) is 5.04. The van der Waals surface area contributed by atoms with Crippen molar-refractivity contribution in [2.45, 2.75) is 20.8 Å². The van der Waals surface area contributed by atoms with Crippen LogP contribution in [0.25, 0.3) is 11.6 Å². The van der Waals surface area contributed by atoms with Gasteiger partial charge in [-0.15, -0.1) is 0 Å². The molecule has 102 valence electrons. The van der Waals surface area contributed by atoms with Crippen molar-refractivity contribution in [2.24, 2.45) is 0 Å². The van der Waals surface area contributed by atoms with Gasteiger partial charge in [-0.05, 0) is 49.1 Å². The van der Waals surface area contributed by atoms with Crippen LogP contribution in [0.1, 0.15) is 27.8 Å². The van der Waals surface area contributed by atoms with Crippen LogP contribution in [0.2, 0.25) is 0 Å². The largest absolute Gasteiger partial charge is 0.478 e. The molecule has 0 radical (unpaired) electrons. The van der Waals surface area contributed by atoms with E-state index < -0.39 is 5.97 Å². The van der Waals surface area contributed by atoms with Gasteiger partial charge in [0.1, 0.15) is 0 Å². The van der Waals surface area contributed by atoms with Gasteiger partial charge < -0.3 is 5.11 Å². The molecule has 0 atom stereocenters. The molecule has 2 nitrogen and oxygen atoms in total. The summed E-state index contributed by atoms with van der Waals surface area (Å²) in [7, 11) is 0. The summed E-state index contributed by atoms with van der Waals surface area (Å²) in [6, 6.07) is 13.7. The summed E-state index contributed by atoms with van der Waals surface area (Å²) in [4.78, 5) is 11.6. The highest BCUT2D eigenvalue weighted by Gasteiger charge is 2.13. The Kier molecular flexibility index (Phi) is 4.04. The SMILES string of the molecule is Cc1ccc(C)c(/C(=C/c2ccccc2C)C(=O)O)c1. The van der Waals surface area contributed by atoms with Crippen LogP contribution in [0.4, 0.5) is 0 Å². The molecule has 0 aliphatic carbocycles. The van der Waals surface area contributed by atoms with E-state index in [2.05, 4.69) is 0 Å². The second-order valence-electron chi connectivity index (χ2n) is 5.04. The van der Waals surface area contributed by atoms with Gasteiger partial charge in [0.2, 0.25) is 0 Å². The third-order valence-electron chi connectivity index (χ3n) is 3.40. The second kappa shape index (κ2) is 5.74. The molecule has 0 saturated carbocycles. The maximum absolute atomic E-state index is 11.6. The van der Waals surface area contributed by atoms with E-state index in [-0.39, 0.29) is 0 Å². The minimum absolute atomic E-state index is 0.334. The molecule has 0 spiro atoms. The number of aryl methyl sites for hydroxylation is 3. The summed E-state index contributed by atoms with van der Waals surface area (Å²) in [5.74, 6) is -0.901. The quantitative estimate of drug-likeness (QED) is 0.666. The monoisotopic (exact) mass is 266 g/mol. The van der Waals surface area contributed by atoms with Gasteiger partial charge in [0, 0.05) is 0 Å². The number of carboxylic acid groups (broad SMARTS) is 1. The van der Waals surface area contributed by atoms with Crippen LogP contribution in [-0.4, -0.2) is 11.1 Å². The number of benzene rings is 2. The molecular weight excluding hydrogens is 248 g/mol. The summed E-state index contributed by atoms with van der Waals surface area (Å²) in [6.07, 6.45) is 1.75. The zero-order valence-electron chi connectivity index (χ0n) is 12.0. The van der Waals surface area contributed by atoms with Crippen LogP contribution in [-0.2, 0) is 4.79 Å². The molecule has 0 aliphatic rings. The maximum atomic E-state index is 11.6. The number of hydrogen-bond acceptors (Lipinski definition) is 1. The summed E-state index contributed by atoms with van der Waals surface area (Å²) >= 11 is 0. The van der Waals surface area contributed by atoms with E-state index in [4.69, 9.17) is 0 Å². The van der Waals surface area contributed by atoms with Crippen LogP contribution in [0.15, 0.2) is 42.5 Å². The van der Waals surface area contributed by atoms with Crippen LogP contribution < -0.4 is 0 Å². The van der Waals surface area contributed by atoms with Crippen LogP contribution in [0.3, 0.4) is 0 Å². The minimum atomic E-state index is -0.901. The van der Waals surface area contributed by atoms with Crippen molar-refractivity contribution in [2.75, 3.05) is 0 Å². The van der Waals surface area contributed by atoms with E-state index in [9.17, 15) is 9.90 Å². The van der Waals surface area contributed by atoms with Gasteiger partial charge in [-0.25, -0.2) is 4.79 Å². The molecule has 0 aromatic heterocycles. The average Bonchev–Trinajstić information content (AvgIpc) is 2.40. The van der Waals surface area contributed by atoms with Crippen molar-refractivity contribution in [3.8, 4) is 0 Å². The summed E-state index contributed by atoms with van der Waals surface area (Å²) < 4.78 is 0. The lowest BCUT2D eigenvalue weighted by Crippen LogP contribution is -2.02. The van der Waals surface area contributed by atoms with Crippen LogP contribution >= 0.6 is 0 Å². The van der Waals surface area contributed by atoms with Gasteiger partial charge in [-0.1, -0.05) is 48.0 Å². The molecule has 0 bridgehead atoms. The number of aliphatic carboxylic acids is 1. The molecule has 0 saturated heterocycles. The van der Waals surface area contributed by atoms with Crippen LogP contribution in [0.5, 0.6) is 0 Å². The first kappa shape index (κ1) is 14.1. The summed E-state index contributed by atoms with van der Waals surface area (Å²) in [5, 5.41) is 9.53. The average molecular weight is 266 g/mol. The number of carboxylic acids is 1. The number of rotatable bonds is 3. The minimum Gasteiger partial charge on any atom is -0.478 e. The topological polar surface area (TPSA) is 37.3 Å². The first-order valence-electron chi connectivity index (χ1n) is 6.57. The Hall–Kier alpha value is -2.35.